The zero-order valence-corrected chi connectivity index (χ0v) is 15.6. The average Bonchev–Trinajstić information content (AvgIpc) is 3.29. The van der Waals surface area contributed by atoms with E-state index >= 15 is 0 Å². The minimum Gasteiger partial charge on any atom is -0.481 e. The summed E-state index contributed by atoms with van der Waals surface area (Å²) in [5.74, 6) is -3.48. The maximum Gasteiger partial charge on any atom is 0.341 e. The Morgan fingerprint density at radius 1 is 1.27 bits per heavy atom. The summed E-state index contributed by atoms with van der Waals surface area (Å²) in [5, 5.41) is 12.7. The smallest absolute Gasteiger partial charge is 0.341 e. The molecule has 2 fully saturated rings. The van der Waals surface area contributed by atoms with Crippen molar-refractivity contribution in [1.82, 2.24) is 0 Å². The van der Waals surface area contributed by atoms with Crippen molar-refractivity contribution >= 4 is 34.2 Å². The summed E-state index contributed by atoms with van der Waals surface area (Å²) in [6.07, 6.45) is 2.28. The van der Waals surface area contributed by atoms with Gasteiger partial charge in [-0.3, -0.25) is 9.59 Å². The van der Waals surface area contributed by atoms with Gasteiger partial charge >= 0.3 is 11.9 Å². The van der Waals surface area contributed by atoms with Crippen LogP contribution in [0.25, 0.3) is 0 Å². The molecule has 2 N–H and O–H groups in total. The summed E-state index contributed by atoms with van der Waals surface area (Å²) in [5.41, 5.74) is 0.324. The molecule has 26 heavy (non-hydrogen) atoms. The zero-order valence-electron chi connectivity index (χ0n) is 14.8. The van der Waals surface area contributed by atoms with Gasteiger partial charge in [0.25, 0.3) is 0 Å². The van der Waals surface area contributed by atoms with Crippen molar-refractivity contribution in [2.24, 2.45) is 11.8 Å². The molecule has 0 saturated carbocycles. The molecule has 1 aromatic heterocycles. The maximum absolute atomic E-state index is 12.8. The second-order valence-corrected chi connectivity index (χ2v) is 7.73. The highest BCUT2D eigenvalue weighted by molar-refractivity contribution is 7.16. The van der Waals surface area contributed by atoms with Crippen LogP contribution in [0.2, 0.25) is 0 Å². The summed E-state index contributed by atoms with van der Waals surface area (Å²) in [6, 6.07) is 1.74. The Kier molecular flexibility index (Phi) is 5.62. The van der Waals surface area contributed by atoms with Crippen molar-refractivity contribution in [3.8, 4) is 0 Å². The summed E-state index contributed by atoms with van der Waals surface area (Å²) in [6.45, 7) is 4.00. The van der Waals surface area contributed by atoms with Crippen molar-refractivity contribution < 1.29 is 29.0 Å². The van der Waals surface area contributed by atoms with Crippen LogP contribution in [0, 0.1) is 11.8 Å². The molecule has 3 heterocycles. The molecule has 2 bridgehead atoms. The largest absolute Gasteiger partial charge is 0.481 e. The van der Waals surface area contributed by atoms with Crippen LogP contribution in [0.3, 0.4) is 0 Å². The highest BCUT2D eigenvalue weighted by atomic mass is 32.1. The second-order valence-electron chi connectivity index (χ2n) is 6.60. The number of ether oxygens (including phenoxy) is 2. The van der Waals surface area contributed by atoms with Gasteiger partial charge in [0.1, 0.15) is 5.00 Å². The quantitative estimate of drug-likeness (QED) is 0.704. The van der Waals surface area contributed by atoms with Crippen molar-refractivity contribution in [1.29, 1.82) is 0 Å². The van der Waals surface area contributed by atoms with E-state index in [2.05, 4.69) is 5.32 Å². The number of aliphatic carboxylic acids is 1. The third-order valence-corrected chi connectivity index (χ3v) is 5.98. The third kappa shape index (κ3) is 3.48. The molecular formula is C18H23NO6S. The van der Waals surface area contributed by atoms with E-state index < -0.39 is 35.8 Å². The van der Waals surface area contributed by atoms with Crippen LogP contribution < -0.4 is 5.32 Å². The molecule has 0 radical (unpaired) electrons. The van der Waals surface area contributed by atoms with Crippen molar-refractivity contribution in [3.05, 3.63) is 16.5 Å². The number of thiophene rings is 1. The first-order chi connectivity index (χ1) is 12.5. The van der Waals surface area contributed by atoms with Gasteiger partial charge in [-0.05, 0) is 32.3 Å². The van der Waals surface area contributed by atoms with E-state index in [0.717, 1.165) is 17.7 Å². The number of carbonyl (C=O) groups is 3. The van der Waals surface area contributed by atoms with E-state index in [9.17, 15) is 19.5 Å². The second kappa shape index (κ2) is 7.75. The standard InChI is InChI=1S/C18H23NO6S/c1-3-5-9-8-10(18(23)24-4-2)16(26-9)19-15(20)13-11-6-7-12(25-11)14(13)17(21)22/h8,11-14H,3-7H2,1-2H3,(H,19,20)(H,21,22)/t11-,12-,13-,14-/m1/s1. The molecule has 1 aromatic rings. The minimum atomic E-state index is -1.01. The third-order valence-electron chi connectivity index (χ3n) is 4.87. The summed E-state index contributed by atoms with van der Waals surface area (Å²) < 4.78 is 10.7. The predicted molar refractivity (Wildman–Crippen MR) is 95.4 cm³/mol. The maximum atomic E-state index is 12.8. The Bertz CT molecular complexity index is 715. The Morgan fingerprint density at radius 3 is 2.58 bits per heavy atom. The first kappa shape index (κ1) is 18.8. The summed E-state index contributed by atoms with van der Waals surface area (Å²) in [7, 11) is 0. The molecule has 0 spiro atoms. The normalized spacial score (nSPS) is 26.7. The van der Waals surface area contributed by atoms with Crippen molar-refractivity contribution in [2.45, 2.75) is 51.7 Å². The number of amides is 1. The molecule has 4 atom stereocenters. The van der Waals surface area contributed by atoms with Gasteiger partial charge in [0, 0.05) is 4.88 Å². The number of hydrogen-bond acceptors (Lipinski definition) is 6. The van der Waals surface area contributed by atoms with E-state index in [-0.39, 0.29) is 12.7 Å². The van der Waals surface area contributed by atoms with Crippen LogP contribution in [0.4, 0.5) is 5.00 Å². The average molecular weight is 381 g/mol. The zero-order chi connectivity index (χ0) is 18.8. The number of carboxylic acid groups (broad SMARTS) is 1. The predicted octanol–water partition coefficient (Wildman–Crippen LogP) is 2.69. The number of hydrogen-bond donors (Lipinski definition) is 2. The number of anilines is 1. The molecule has 7 nitrogen and oxygen atoms in total. The Hall–Kier alpha value is -1.93. The van der Waals surface area contributed by atoms with E-state index in [1.807, 2.05) is 6.92 Å². The van der Waals surface area contributed by atoms with Gasteiger partial charge in [0.15, 0.2) is 0 Å². The van der Waals surface area contributed by atoms with Crippen LogP contribution in [-0.4, -0.2) is 41.8 Å². The van der Waals surface area contributed by atoms with Gasteiger partial charge in [-0.25, -0.2) is 4.79 Å². The SMILES string of the molecule is CCCc1cc(C(=O)OCC)c(NC(=O)[C@H]2[C@H](C(=O)O)[C@H]3CC[C@H]2O3)s1. The molecule has 0 aliphatic carbocycles. The van der Waals surface area contributed by atoms with Gasteiger partial charge in [0.05, 0.1) is 36.2 Å². The topological polar surface area (TPSA) is 102 Å². The number of nitrogens with one attached hydrogen (secondary N) is 1. The molecule has 0 aromatic carbocycles. The molecule has 1 amide bonds. The molecule has 0 unspecified atom stereocenters. The van der Waals surface area contributed by atoms with E-state index in [4.69, 9.17) is 9.47 Å². The molecule has 2 aliphatic rings. The lowest BCUT2D eigenvalue weighted by molar-refractivity contribution is -0.147. The lowest BCUT2D eigenvalue weighted by Gasteiger charge is -2.23. The van der Waals surface area contributed by atoms with E-state index in [0.29, 0.717) is 23.4 Å². The highest BCUT2D eigenvalue weighted by Gasteiger charge is 2.55. The molecule has 8 heteroatoms. The highest BCUT2D eigenvalue weighted by Crippen LogP contribution is 2.44. The molecule has 3 rings (SSSR count). The van der Waals surface area contributed by atoms with Crippen LogP contribution in [0.15, 0.2) is 6.07 Å². The van der Waals surface area contributed by atoms with E-state index in [1.165, 1.54) is 11.3 Å². The molecule has 2 saturated heterocycles. The van der Waals surface area contributed by atoms with Crippen LogP contribution in [-0.2, 0) is 25.5 Å². The fourth-order valence-electron chi connectivity index (χ4n) is 3.78. The van der Waals surface area contributed by atoms with Crippen LogP contribution in [0.5, 0.6) is 0 Å². The lowest BCUT2D eigenvalue weighted by Crippen LogP contribution is -2.41. The van der Waals surface area contributed by atoms with Crippen LogP contribution >= 0.6 is 11.3 Å². The number of carbonyl (C=O) groups excluding carboxylic acids is 2. The number of carboxylic acids is 1. The fraction of sp³-hybridized carbons (Fsp3) is 0.611. The monoisotopic (exact) mass is 381 g/mol. The van der Waals surface area contributed by atoms with Gasteiger partial charge in [0.2, 0.25) is 5.91 Å². The number of esters is 1. The minimum absolute atomic E-state index is 0.243. The molecular weight excluding hydrogens is 358 g/mol. The van der Waals surface area contributed by atoms with Crippen LogP contribution in [0.1, 0.15) is 48.3 Å². The molecule has 142 valence electrons. The Balaban J connectivity index is 1.82. The first-order valence-corrected chi connectivity index (χ1v) is 9.76. The first-order valence-electron chi connectivity index (χ1n) is 8.95. The Labute approximate surface area is 155 Å². The van der Waals surface area contributed by atoms with Gasteiger partial charge in [-0.2, -0.15) is 0 Å². The van der Waals surface area contributed by atoms with Gasteiger partial charge in [-0.1, -0.05) is 13.3 Å². The summed E-state index contributed by atoms with van der Waals surface area (Å²) in [4.78, 5) is 37.6. The summed E-state index contributed by atoms with van der Waals surface area (Å²) >= 11 is 1.33. The van der Waals surface area contributed by atoms with Gasteiger partial charge in [-0.15, -0.1) is 11.3 Å². The van der Waals surface area contributed by atoms with Crippen molar-refractivity contribution in [3.63, 3.8) is 0 Å². The molecule has 2 aliphatic heterocycles. The number of rotatable bonds is 7. The van der Waals surface area contributed by atoms with Crippen molar-refractivity contribution in [2.75, 3.05) is 11.9 Å². The van der Waals surface area contributed by atoms with E-state index in [1.54, 1.807) is 13.0 Å². The Morgan fingerprint density at radius 2 is 1.96 bits per heavy atom. The fourth-order valence-corrected chi connectivity index (χ4v) is 4.93. The number of fused-ring (bicyclic) bond motifs is 2. The van der Waals surface area contributed by atoms with Gasteiger partial charge < -0.3 is 19.9 Å². The lowest BCUT2D eigenvalue weighted by atomic mass is 9.79. The number of aryl methyl sites for hydroxylation is 1.